The van der Waals surface area contributed by atoms with E-state index in [0.717, 1.165) is 0 Å². The Bertz CT molecular complexity index is 733. The molecular formula is C10H6Na2O4S4. The maximum Gasteiger partial charge on any atom is 1.00 e. The van der Waals surface area contributed by atoms with Gasteiger partial charge in [0.05, 0.1) is 0 Å². The molecule has 0 aromatic heterocycles. The molecule has 0 spiro atoms. The fourth-order valence-electron chi connectivity index (χ4n) is 1.62. The van der Waals surface area contributed by atoms with Gasteiger partial charge in [0.25, 0.3) is 0 Å². The van der Waals surface area contributed by atoms with E-state index < -0.39 is 18.9 Å². The van der Waals surface area contributed by atoms with Crippen molar-refractivity contribution in [1.82, 2.24) is 0 Å². The molecule has 0 aliphatic carbocycles. The van der Waals surface area contributed by atoms with E-state index in [0.29, 0.717) is 26.5 Å². The third-order valence-electron chi connectivity index (χ3n) is 2.27. The smallest absolute Gasteiger partial charge is 0.766 e. The molecule has 0 saturated carbocycles. The zero-order chi connectivity index (χ0) is 13.3. The Kier molecular flexibility index (Phi) is 9.62. The van der Waals surface area contributed by atoms with Crippen LogP contribution in [0, 0.1) is 0 Å². The fraction of sp³-hybridized carbons (Fsp3) is 0. The molecule has 0 radical (unpaired) electrons. The molecule has 0 amide bonds. The molecule has 2 unspecified atom stereocenters. The van der Waals surface area contributed by atoms with E-state index in [4.69, 9.17) is 0 Å². The average Bonchev–Trinajstić information content (AvgIpc) is 2.26. The molecule has 96 valence electrons. The second kappa shape index (κ2) is 8.95. The molecule has 0 aliphatic heterocycles. The SMILES string of the molecule is O=S([O-])Sc1cccc2c(S(=O)([O-])=S)cccc12.[Na+].[Na+]. The Morgan fingerprint density at radius 1 is 1.10 bits per heavy atom. The maximum atomic E-state index is 11.5. The van der Waals surface area contributed by atoms with Crippen LogP contribution in [0.2, 0.25) is 0 Å². The summed E-state index contributed by atoms with van der Waals surface area (Å²) in [6.45, 7) is 0. The summed E-state index contributed by atoms with van der Waals surface area (Å²) in [6.07, 6.45) is 0. The third kappa shape index (κ3) is 5.29. The topological polar surface area (TPSA) is 80.3 Å². The summed E-state index contributed by atoms with van der Waals surface area (Å²) in [5, 5.41) is 0.987. The van der Waals surface area contributed by atoms with Gasteiger partial charge in [0.2, 0.25) is 0 Å². The van der Waals surface area contributed by atoms with Crippen LogP contribution in [0.5, 0.6) is 0 Å². The van der Waals surface area contributed by atoms with Gasteiger partial charge >= 0.3 is 59.1 Å². The van der Waals surface area contributed by atoms with Crippen molar-refractivity contribution in [2.24, 2.45) is 0 Å². The quantitative estimate of drug-likeness (QED) is 0.314. The summed E-state index contributed by atoms with van der Waals surface area (Å²) in [5.41, 5.74) is 0. The minimum atomic E-state index is -3.75. The van der Waals surface area contributed by atoms with Crippen molar-refractivity contribution in [3.8, 4) is 0 Å². The normalized spacial score (nSPS) is 14.7. The van der Waals surface area contributed by atoms with Gasteiger partial charge in [-0.25, -0.2) is 0 Å². The van der Waals surface area contributed by atoms with Crippen LogP contribution < -0.4 is 59.1 Å². The van der Waals surface area contributed by atoms with E-state index in [2.05, 4.69) is 11.2 Å². The van der Waals surface area contributed by atoms with Crippen molar-refractivity contribution in [1.29, 1.82) is 0 Å². The van der Waals surface area contributed by atoms with Crippen LogP contribution in [0.1, 0.15) is 0 Å². The Balaban J connectivity index is 0.00000180. The predicted molar refractivity (Wildman–Crippen MR) is 73.3 cm³/mol. The predicted octanol–water partition coefficient (Wildman–Crippen LogP) is -4.03. The maximum absolute atomic E-state index is 11.5. The Morgan fingerprint density at radius 2 is 1.65 bits per heavy atom. The first-order valence-electron chi connectivity index (χ1n) is 4.65. The molecule has 0 heterocycles. The van der Waals surface area contributed by atoms with Crippen molar-refractivity contribution in [3.05, 3.63) is 36.4 Å². The van der Waals surface area contributed by atoms with Gasteiger partial charge in [0.1, 0.15) is 0 Å². The van der Waals surface area contributed by atoms with Crippen LogP contribution in [0.4, 0.5) is 0 Å². The summed E-state index contributed by atoms with van der Waals surface area (Å²) in [7, 11) is -5.43. The van der Waals surface area contributed by atoms with Gasteiger partial charge in [0, 0.05) is 19.9 Å². The summed E-state index contributed by atoms with van der Waals surface area (Å²) in [4.78, 5) is 0.496. The molecule has 0 fully saturated rings. The Labute approximate surface area is 172 Å². The summed E-state index contributed by atoms with van der Waals surface area (Å²) >= 11 is 4.45. The molecule has 2 rings (SSSR count). The number of benzene rings is 2. The number of rotatable bonds is 3. The van der Waals surface area contributed by atoms with Crippen molar-refractivity contribution >= 4 is 51.6 Å². The second-order valence-electron chi connectivity index (χ2n) is 3.35. The van der Waals surface area contributed by atoms with Crippen LogP contribution in [0.25, 0.3) is 10.8 Å². The van der Waals surface area contributed by atoms with Crippen molar-refractivity contribution in [2.75, 3.05) is 0 Å². The van der Waals surface area contributed by atoms with Crippen molar-refractivity contribution < 1.29 is 76.6 Å². The average molecular weight is 364 g/mol. The van der Waals surface area contributed by atoms with Gasteiger partial charge in [-0.2, -0.15) is 0 Å². The van der Waals surface area contributed by atoms with E-state index in [-0.39, 0.29) is 64.0 Å². The van der Waals surface area contributed by atoms with Gasteiger partial charge < -0.3 is 9.11 Å². The number of hydrogen-bond donors (Lipinski definition) is 0. The summed E-state index contributed by atoms with van der Waals surface area (Å²) in [5.74, 6) is 0. The van der Waals surface area contributed by atoms with Gasteiger partial charge in [-0.15, -0.1) is 0 Å². The third-order valence-corrected chi connectivity index (χ3v) is 5.32. The van der Waals surface area contributed by atoms with Crippen LogP contribution in [-0.2, 0) is 30.1 Å². The van der Waals surface area contributed by atoms with E-state index in [1.165, 1.54) is 6.07 Å². The molecule has 0 N–H and O–H groups in total. The van der Waals surface area contributed by atoms with E-state index in [1.807, 2.05) is 0 Å². The second-order valence-corrected chi connectivity index (χ2v) is 8.34. The monoisotopic (exact) mass is 364 g/mol. The first kappa shape index (κ1) is 21.5. The van der Waals surface area contributed by atoms with Crippen LogP contribution in [0.3, 0.4) is 0 Å². The van der Waals surface area contributed by atoms with E-state index in [9.17, 15) is 17.5 Å². The van der Waals surface area contributed by atoms with Crippen molar-refractivity contribution in [3.63, 3.8) is 0 Å². The molecular weight excluding hydrogens is 358 g/mol. The molecule has 2 aromatic carbocycles. The van der Waals surface area contributed by atoms with Crippen LogP contribution in [-0.4, -0.2) is 17.5 Å². The molecule has 0 bridgehead atoms. The number of fused-ring (bicyclic) bond motifs is 1. The number of hydrogen-bond acceptors (Lipinski definition) is 6. The van der Waals surface area contributed by atoms with E-state index in [1.54, 1.807) is 30.3 Å². The first-order chi connectivity index (χ1) is 8.39. The molecule has 20 heavy (non-hydrogen) atoms. The van der Waals surface area contributed by atoms with Gasteiger partial charge in [-0.05, 0) is 53.7 Å². The minimum Gasteiger partial charge on any atom is -0.766 e. The largest absolute Gasteiger partial charge is 1.00 e. The molecule has 4 nitrogen and oxygen atoms in total. The Hall–Kier alpha value is 1.49. The molecule has 10 heteroatoms. The van der Waals surface area contributed by atoms with Crippen LogP contribution in [0.15, 0.2) is 46.2 Å². The molecule has 2 aromatic rings. The fourth-order valence-corrected chi connectivity index (χ4v) is 4.17. The molecule has 0 aliphatic rings. The first-order valence-corrected chi connectivity index (χ1v) is 9.46. The standard InChI is InChI=1S/C10H8O4S4.2Na/c11-17(12)16-9-5-1-4-8-7(9)3-2-6-10(8)18(13,14)15;;/h1-6H,(H,11,12)(H,13,14,15);;/q;2*+1/p-2. The summed E-state index contributed by atoms with van der Waals surface area (Å²) in [6, 6.07) is 9.43. The van der Waals surface area contributed by atoms with Gasteiger partial charge in [0.15, 0.2) is 0 Å². The Morgan fingerprint density at radius 3 is 2.20 bits per heavy atom. The van der Waals surface area contributed by atoms with E-state index >= 15 is 0 Å². The zero-order valence-electron chi connectivity index (χ0n) is 10.7. The van der Waals surface area contributed by atoms with Gasteiger partial charge in [-0.1, -0.05) is 24.3 Å². The van der Waals surface area contributed by atoms with Gasteiger partial charge in [-0.3, -0.25) is 8.42 Å². The minimum absolute atomic E-state index is 0. The van der Waals surface area contributed by atoms with Crippen molar-refractivity contribution in [2.45, 2.75) is 9.79 Å². The summed E-state index contributed by atoms with van der Waals surface area (Å²) < 4.78 is 44.4. The molecule has 2 atom stereocenters. The zero-order valence-corrected chi connectivity index (χ0v) is 18.0. The van der Waals surface area contributed by atoms with Crippen LogP contribution >= 0.6 is 10.8 Å². The molecule has 0 saturated heterocycles.